The summed E-state index contributed by atoms with van der Waals surface area (Å²) < 4.78 is 50.0. The van der Waals surface area contributed by atoms with Gasteiger partial charge in [-0.05, 0) is 34.6 Å². The van der Waals surface area contributed by atoms with Crippen LogP contribution in [-0.2, 0) is 14.8 Å². The van der Waals surface area contributed by atoms with Crippen molar-refractivity contribution in [3.63, 3.8) is 0 Å². The molecule has 1 aliphatic heterocycles. The molecule has 0 atom stereocenters. The number of likely N-dealkylation sites (tertiary alicyclic amines) is 1. The molecule has 0 radical (unpaired) electrons. The molecule has 0 unspecified atom stereocenters. The van der Waals surface area contributed by atoms with Gasteiger partial charge >= 0.3 is 6.09 Å². The average Bonchev–Trinajstić information content (AvgIpc) is 2.84. The second-order valence-electron chi connectivity index (χ2n) is 8.05. The number of sulfonamides is 1. The predicted molar refractivity (Wildman–Crippen MR) is 104 cm³/mol. The number of ether oxygens (including phenoxy) is 2. The van der Waals surface area contributed by atoms with E-state index in [1.807, 2.05) is 0 Å². The van der Waals surface area contributed by atoms with E-state index in [4.69, 9.17) is 14.6 Å². The zero-order chi connectivity index (χ0) is 22.4. The van der Waals surface area contributed by atoms with Gasteiger partial charge in [0.2, 0.25) is 10.0 Å². The number of hydrogen-bond acceptors (Lipinski definition) is 7. The molecule has 1 fully saturated rings. The van der Waals surface area contributed by atoms with Gasteiger partial charge in [-0.25, -0.2) is 32.4 Å². The number of primary sulfonamides is 1. The predicted octanol–water partition coefficient (Wildman–Crippen LogP) is 1.67. The molecule has 30 heavy (non-hydrogen) atoms. The van der Waals surface area contributed by atoms with Gasteiger partial charge in [0.25, 0.3) is 0 Å². The molecule has 3 heterocycles. The Kier molecular flexibility index (Phi) is 5.50. The number of nitrogens with zero attached hydrogens (tertiary/aromatic N) is 4. The number of pyridine rings is 1. The lowest BCUT2D eigenvalue weighted by Gasteiger charge is -2.39. The quantitative estimate of drug-likeness (QED) is 0.764. The van der Waals surface area contributed by atoms with Crippen LogP contribution in [0.25, 0.3) is 5.82 Å². The lowest BCUT2D eigenvalue weighted by atomic mass is 10.1. The summed E-state index contributed by atoms with van der Waals surface area (Å²) in [5, 5.41) is 9.39. The summed E-state index contributed by atoms with van der Waals surface area (Å²) in [4.78, 5) is 17.3. The SMILES string of the molecule is Cc1nn(-c2cc(OC3CN(C(=O)OC(C)(C)C)C3)c(F)cn2)c(C)c1S(N)(=O)=O. The van der Waals surface area contributed by atoms with E-state index < -0.39 is 33.6 Å². The van der Waals surface area contributed by atoms with Crippen LogP contribution in [0.2, 0.25) is 0 Å². The number of aromatic nitrogens is 3. The molecule has 0 spiro atoms. The van der Waals surface area contributed by atoms with Gasteiger partial charge in [-0.1, -0.05) is 0 Å². The second-order valence-corrected chi connectivity index (χ2v) is 9.55. The van der Waals surface area contributed by atoms with Crippen LogP contribution in [0.1, 0.15) is 32.2 Å². The molecule has 2 N–H and O–H groups in total. The first-order valence-electron chi connectivity index (χ1n) is 9.16. The molecule has 0 aromatic carbocycles. The van der Waals surface area contributed by atoms with Crippen LogP contribution in [-0.4, -0.2) is 59.0 Å². The highest BCUT2D eigenvalue weighted by Gasteiger charge is 2.35. The summed E-state index contributed by atoms with van der Waals surface area (Å²) in [5.41, 5.74) is -0.152. The summed E-state index contributed by atoms with van der Waals surface area (Å²) in [6.45, 7) is 8.84. The van der Waals surface area contributed by atoms with Crippen LogP contribution in [0.5, 0.6) is 5.75 Å². The van der Waals surface area contributed by atoms with Gasteiger partial charge in [0, 0.05) is 6.07 Å². The van der Waals surface area contributed by atoms with Crippen LogP contribution in [0.3, 0.4) is 0 Å². The van der Waals surface area contributed by atoms with E-state index in [0.29, 0.717) is 0 Å². The van der Waals surface area contributed by atoms with Crippen molar-refractivity contribution in [3.05, 3.63) is 29.5 Å². The maximum Gasteiger partial charge on any atom is 0.410 e. The highest BCUT2D eigenvalue weighted by atomic mass is 32.2. The maximum atomic E-state index is 14.2. The summed E-state index contributed by atoms with van der Waals surface area (Å²) in [7, 11) is -3.98. The average molecular weight is 441 g/mol. The highest BCUT2D eigenvalue weighted by Crippen LogP contribution is 2.26. The van der Waals surface area contributed by atoms with Gasteiger partial charge in [-0.2, -0.15) is 5.10 Å². The third-order valence-electron chi connectivity index (χ3n) is 4.33. The molecule has 1 aliphatic rings. The molecule has 0 bridgehead atoms. The minimum absolute atomic E-state index is 0.0847. The summed E-state index contributed by atoms with van der Waals surface area (Å²) in [5.74, 6) is -0.605. The van der Waals surface area contributed by atoms with Crippen molar-refractivity contribution < 1.29 is 27.1 Å². The monoisotopic (exact) mass is 441 g/mol. The molecule has 10 nitrogen and oxygen atoms in total. The Balaban J connectivity index is 1.76. The molecule has 2 aromatic rings. The zero-order valence-corrected chi connectivity index (χ0v) is 18.2. The number of nitrogens with two attached hydrogens (primary N) is 1. The number of hydrogen-bond donors (Lipinski definition) is 1. The normalized spacial score (nSPS) is 15.1. The third-order valence-corrected chi connectivity index (χ3v) is 5.49. The molecule has 12 heteroatoms. The lowest BCUT2D eigenvalue weighted by Crippen LogP contribution is -2.57. The van der Waals surface area contributed by atoms with Crippen molar-refractivity contribution in [1.82, 2.24) is 19.7 Å². The van der Waals surface area contributed by atoms with Crippen molar-refractivity contribution in [2.45, 2.75) is 51.2 Å². The molecular formula is C18H24FN5O5S. The van der Waals surface area contributed by atoms with Crippen molar-refractivity contribution >= 4 is 16.1 Å². The first-order valence-corrected chi connectivity index (χ1v) is 10.7. The van der Waals surface area contributed by atoms with Gasteiger partial charge in [0.05, 0.1) is 30.7 Å². The number of carbonyl (C=O) groups is 1. The van der Waals surface area contributed by atoms with Crippen molar-refractivity contribution in [3.8, 4) is 11.6 Å². The number of aryl methyl sites for hydroxylation is 1. The molecule has 1 saturated heterocycles. The van der Waals surface area contributed by atoms with Gasteiger partial charge in [0.15, 0.2) is 17.4 Å². The summed E-state index contributed by atoms with van der Waals surface area (Å²) >= 11 is 0. The third kappa shape index (κ3) is 4.54. The van der Waals surface area contributed by atoms with Gasteiger partial charge in [-0.15, -0.1) is 0 Å². The lowest BCUT2D eigenvalue weighted by molar-refractivity contribution is -0.0229. The van der Waals surface area contributed by atoms with E-state index in [0.717, 1.165) is 6.20 Å². The topological polar surface area (TPSA) is 130 Å². The standard InChI is InChI=1S/C18H24FN5O5S/c1-10-16(30(20,26)27)11(2)24(22-10)15-6-14(13(19)7-21-15)28-12-8-23(9-12)17(25)29-18(3,4)5/h6-7,12H,8-9H2,1-5H3,(H2,20,26,27). The molecule has 2 aromatic heterocycles. The number of carbonyl (C=O) groups excluding carboxylic acids is 1. The van der Waals surface area contributed by atoms with Crippen molar-refractivity contribution in [1.29, 1.82) is 0 Å². The Morgan fingerprint density at radius 1 is 1.30 bits per heavy atom. The highest BCUT2D eigenvalue weighted by molar-refractivity contribution is 7.89. The fourth-order valence-electron chi connectivity index (χ4n) is 3.05. The van der Waals surface area contributed by atoms with Crippen LogP contribution in [0.4, 0.5) is 9.18 Å². The van der Waals surface area contributed by atoms with Gasteiger partial charge in [0.1, 0.15) is 16.6 Å². The van der Waals surface area contributed by atoms with E-state index in [9.17, 15) is 17.6 Å². The fraction of sp³-hybridized carbons (Fsp3) is 0.500. The van der Waals surface area contributed by atoms with E-state index in [1.54, 1.807) is 20.8 Å². The molecule has 0 aliphatic carbocycles. The van der Waals surface area contributed by atoms with E-state index in [2.05, 4.69) is 10.1 Å². The summed E-state index contributed by atoms with van der Waals surface area (Å²) in [6.07, 6.45) is 0.0845. The molecule has 1 amide bonds. The Bertz CT molecular complexity index is 1090. The minimum atomic E-state index is -3.98. The molecule has 164 valence electrons. The van der Waals surface area contributed by atoms with Gasteiger partial charge < -0.3 is 14.4 Å². The first-order chi connectivity index (χ1) is 13.8. The van der Waals surface area contributed by atoms with Crippen LogP contribution < -0.4 is 9.88 Å². The largest absolute Gasteiger partial charge is 0.483 e. The van der Waals surface area contributed by atoms with Crippen molar-refractivity contribution in [2.75, 3.05) is 13.1 Å². The Morgan fingerprint density at radius 2 is 1.93 bits per heavy atom. The van der Waals surface area contributed by atoms with Crippen molar-refractivity contribution in [2.24, 2.45) is 5.14 Å². The Labute approximate surface area is 173 Å². The molecular weight excluding hydrogens is 417 g/mol. The zero-order valence-electron chi connectivity index (χ0n) is 17.3. The van der Waals surface area contributed by atoms with E-state index in [-0.39, 0.29) is 40.9 Å². The fourth-order valence-corrected chi connectivity index (χ4v) is 4.00. The minimum Gasteiger partial charge on any atom is -0.483 e. The van der Waals surface area contributed by atoms with E-state index >= 15 is 0 Å². The van der Waals surface area contributed by atoms with Crippen LogP contribution in [0.15, 0.2) is 17.2 Å². The van der Waals surface area contributed by atoms with Crippen LogP contribution in [0, 0.1) is 19.7 Å². The number of halogens is 1. The summed E-state index contributed by atoms with van der Waals surface area (Å²) in [6, 6.07) is 1.32. The maximum absolute atomic E-state index is 14.2. The first kappa shape index (κ1) is 22.0. The number of rotatable bonds is 4. The Morgan fingerprint density at radius 3 is 2.47 bits per heavy atom. The van der Waals surface area contributed by atoms with Gasteiger partial charge in [-0.3, -0.25) is 0 Å². The smallest absolute Gasteiger partial charge is 0.410 e. The Hall–Kier alpha value is -2.73. The molecule has 0 saturated carbocycles. The van der Waals surface area contributed by atoms with Crippen LogP contribution >= 0.6 is 0 Å². The molecule has 3 rings (SSSR count). The second kappa shape index (κ2) is 7.51. The van der Waals surface area contributed by atoms with E-state index in [1.165, 1.54) is 29.5 Å². The number of amides is 1.